The average molecular weight is 546 g/mol. The van der Waals surface area contributed by atoms with Gasteiger partial charge in [-0.05, 0) is 77.9 Å². The van der Waals surface area contributed by atoms with E-state index in [4.69, 9.17) is 4.98 Å². The number of amides is 1. The number of hydrogen-bond acceptors (Lipinski definition) is 6. The van der Waals surface area contributed by atoms with Gasteiger partial charge in [0.15, 0.2) is 0 Å². The van der Waals surface area contributed by atoms with Crippen molar-refractivity contribution in [1.29, 1.82) is 0 Å². The zero-order chi connectivity index (χ0) is 25.6. The molecule has 1 amide bonds. The summed E-state index contributed by atoms with van der Waals surface area (Å²) in [6.45, 7) is 2.22. The number of thiazole rings is 1. The molecule has 186 valence electrons. The van der Waals surface area contributed by atoms with E-state index in [1.165, 1.54) is 9.87 Å². The van der Waals surface area contributed by atoms with Crippen LogP contribution >= 0.6 is 22.7 Å². The Hall–Kier alpha value is -3.37. The molecule has 1 aliphatic heterocycles. The van der Waals surface area contributed by atoms with Crippen LogP contribution in [0.3, 0.4) is 0 Å². The molecular weight excluding hydrogens is 523 g/mol. The number of carbonyl (C=O) groups is 1. The van der Waals surface area contributed by atoms with Gasteiger partial charge in [0, 0.05) is 17.8 Å². The van der Waals surface area contributed by atoms with Gasteiger partial charge in [-0.25, -0.2) is 13.4 Å². The molecule has 5 aromatic rings. The highest BCUT2D eigenvalue weighted by atomic mass is 32.2. The number of rotatable bonds is 5. The second kappa shape index (κ2) is 9.50. The Morgan fingerprint density at radius 2 is 1.78 bits per heavy atom. The first-order chi connectivity index (χ1) is 17.9. The molecule has 2 aromatic heterocycles. The fourth-order valence-corrected chi connectivity index (χ4v) is 8.33. The standard InChI is InChI=1S/C28H23N3O3S3/c1-18-8-13-23-25(15-18)36-28(30-23)19-9-11-22(12-10-19)29-27(32)24-16-20-5-2-3-6-21(20)17-31(24)37(33,34)26-7-4-14-35-26/h2-15,24H,16-17H2,1H3,(H,29,32). The number of carbonyl (C=O) groups excluding carboxylic acids is 1. The first-order valence-electron chi connectivity index (χ1n) is 11.8. The number of anilines is 1. The summed E-state index contributed by atoms with van der Waals surface area (Å²) in [5.74, 6) is -0.349. The average Bonchev–Trinajstić information content (AvgIpc) is 3.59. The van der Waals surface area contributed by atoms with E-state index in [1.54, 1.807) is 28.8 Å². The molecule has 0 bridgehead atoms. The largest absolute Gasteiger partial charge is 0.325 e. The van der Waals surface area contributed by atoms with Crippen LogP contribution in [0.25, 0.3) is 20.8 Å². The maximum absolute atomic E-state index is 13.5. The van der Waals surface area contributed by atoms with E-state index >= 15 is 0 Å². The number of fused-ring (bicyclic) bond motifs is 2. The number of benzene rings is 3. The molecule has 0 saturated heterocycles. The van der Waals surface area contributed by atoms with Crippen LogP contribution in [-0.2, 0) is 27.8 Å². The van der Waals surface area contributed by atoms with Crippen LogP contribution < -0.4 is 5.32 Å². The van der Waals surface area contributed by atoms with Crippen molar-refractivity contribution in [2.75, 3.05) is 5.32 Å². The topological polar surface area (TPSA) is 79.4 Å². The molecule has 37 heavy (non-hydrogen) atoms. The second-order valence-corrected chi connectivity index (χ2v) is 13.1. The summed E-state index contributed by atoms with van der Waals surface area (Å²) in [5.41, 5.74) is 5.64. The van der Waals surface area contributed by atoms with Gasteiger partial charge in [-0.2, -0.15) is 4.31 Å². The molecule has 1 atom stereocenters. The quantitative estimate of drug-likeness (QED) is 0.290. The lowest BCUT2D eigenvalue weighted by Crippen LogP contribution is -2.50. The van der Waals surface area contributed by atoms with Gasteiger partial charge in [-0.15, -0.1) is 22.7 Å². The maximum Gasteiger partial charge on any atom is 0.253 e. The fourth-order valence-electron chi connectivity index (χ4n) is 4.58. The fraction of sp³-hybridized carbons (Fsp3) is 0.143. The van der Waals surface area contributed by atoms with Gasteiger partial charge < -0.3 is 5.32 Å². The molecule has 6 nitrogen and oxygen atoms in total. The van der Waals surface area contributed by atoms with Crippen LogP contribution in [0.2, 0.25) is 0 Å². The van der Waals surface area contributed by atoms with E-state index in [9.17, 15) is 13.2 Å². The Balaban J connectivity index is 1.26. The van der Waals surface area contributed by atoms with Gasteiger partial charge in [-0.3, -0.25) is 4.79 Å². The SMILES string of the molecule is Cc1ccc2nc(-c3ccc(NC(=O)C4Cc5ccccc5CN4S(=O)(=O)c4cccs4)cc3)sc2c1. The lowest BCUT2D eigenvalue weighted by molar-refractivity contribution is -0.120. The van der Waals surface area contributed by atoms with Crippen molar-refractivity contribution in [2.45, 2.75) is 30.1 Å². The Bertz CT molecular complexity index is 1710. The molecule has 0 saturated carbocycles. The summed E-state index contributed by atoms with van der Waals surface area (Å²) in [6, 6.07) is 23.8. The van der Waals surface area contributed by atoms with Crippen molar-refractivity contribution >= 4 is 54.5 Å². The van der Waals surface area contributed by atoms with Crippen LogP contribution in [0.4, 0.5) is 5.69 Å². The summed E-state index contributed by atoms with van der Waals surface area (Å²) in [4.78, 5) is 18.2. The van der Waals surface area contributed by atoms with E-state index < -0.39 is 16.1 Å². The lowest BCUT2D eigenvalue weighted by Gasteiger charge is -2.34. The summed E-state index contributed by atoms with van der Waals surface area (Å²) >= 11 is 2.79. The Kier molecular flexibility index (Phi) is 6.16. The molecule has 9 heteroatoms. The minimum Gasteiger partial charge on any atom is -0.325 e. The lowest BCUT2D eigenvalue weighted by atomic mass is 9.95. The Morgan fingerprint density at radius 3 is 2.54 bits per heavy atom. The van der Waals surface area contributed by atoms with Gasteiger partial charge in [-0.1, -0.05) is 36.4 Å². The minimum absolute atomic E-state index is 0.157. The number of thiophene rings is 1. The van der Waals surface area contributed by atoms with Crippen molar-refractivity contribution < 1.29 is 13.2 Å². The third kappa shape index (κ3) is 4.59. The third-order valence-corrected chi connectivity index (χ3v) is 10.8. The predicted molar refractivity (Wildman–Crippen MR) is 149 cm³/mol. The number of aryl methyl sites for hydroxylation is 1. The van der Waals surface area contributed by atoms with Crippen LogP contribution in [-0.4, -0.2) is 29.7 Å². The van der Waals surface area contributed by atoms with Crippen molar-refractivity contribution in [3.05, 3.63) is 101 Å². The summed E-state index contributed by atoms with van der Waals surface area (Å²) in [5, 5.41) is 5.59. The van der Waals surface area contributed by atoms with Gasteiger partial charge >= 0.3 is 0 Å². The normalized spacial score (nSPS) is 16.0. The van der Waals surface area contributed by atoms with E-state index in [1.807, 2.05) is 54.6 Å². The van der Waals surface area contributed by atoms with Crippen molar-refractivity contribution in [1.82, 2.24) is 9.29 Å². The predicted octanol–water partition coefficient (Wildman–Crippen LogP) is 6.09. The molecule has 1 aliphatic rings. The van der Waals surface area contributed by atoms with Crippen molar-refractivity contribution in [2.24, 2.45) is 0 Å². The smallest absolute Gasteiger partial charge is 0.253 e. The third-order valence-electron chi connectivity index (χ3n) is 6.51. The van der Waals surface area contributed by atoms with E-state index in [0.29, 0.717) is 12.1 Å². The molecule has 1 unspecified atom stereocenters. The number of nitrogens with one attached hydrogen (secondary N) is 1. The van der Waals surface area contributed by atoms with Crippen LogP contribution in [0.1, 0.15) is 16.7 Å². The highest BCUT2D eigenvalue weighted by molar-refractivity contribution is 7.91. The van der Waals surface area contributed by atoms with Crippen LogP contribution in [0, 0.1) is 6.92 Å². The first-order valence-corrected chi connectivity index (χ1v) is 14.9. The monoisotopic (exact) mass is 545 g/mol. The minimum atomic E-state index is -3.82. The number of aromatic nitrogens is 1. The van der Waals surface area contributed by atoms with Gasteiger partial charge in [0.05, 0.1) is 10.2 Å². The maximum atomic E-state index is 13.5. The molecular formula is C28H23N3O3S3. The molecule has 0 radical (unpaired) electrons. The van der Waals surface area contributed by atoms with E-state index in [-0.39, 0.29) is 16.7 Å². The highest BCUT2D eigenvalue weighted by Crippen LogP contribution is 2.33. The van der Waals surface area contributed by atoms with E-state index in [2.05, 4.69) is 24.4 Å². The zero-order valence-electron chi connectivity index (χ0n) is 19.9. The number of hydrogen-bond donors (Lipinski definition) is 1. The Morgan fingerprint density at radius 1 is 1.00 bits per heavy atom. The summed E-state index contributed by atoms with van der Waals surface area (Å²) in [6.07, 6.45) is 0.315. The van der Waals surface area contributed by atoms with E-state index in [0.717, 1.165) is 43.3 Å². The summed E-state index contributed by atoms with van der Waals surface area (Å²) in [7, 11) is -3.82. The van der Waals surface area contributed by atoms with Crippen molar-refractivity contribution in [3.63, 3.8) is 0 Å². The zero-order valence-corrected chi connectivity index (χ0v) is 22.4. The van der Waals surface area contributed by atoms with Crippen molar-refractivity contribution in [3.8, 4) is 10.6 Å². The van der Waals surface area contributed by atoms with Crippen LogP contribution in [0.5, 0.6) is 0 Å². The molecule has 1 N–H and O–H groups in total. The van der Waals surface area contributed by atoms with Gasteiger partial charge in [0.2, 0.25) is 5.91 Å². The molecule has 0 fully saturated rings. The molecule has 3 aromatic carbocycles. The molecule has 3 heterocycles. The second-order valence-electron chi connectivity index (χ2n) is 9.03. The Labute approximate surface area is 223 Å². The summed E-state index contributed by atoms with van der Waals surface area (Å²) < 4.78 is 29.6. The number of nitrogens with zero attached hydrogens (tertiary/aromatic N) is 2. The highest BCUT2D eigenvalue weighted by Gasteiger charge is 2.40. The van der Waals surface area contributed by atoms with Crippen LogP contribution in [0.15, 0.2) is 88.5 Å². The van der Waals surface area contributed by atoms with Gasteiger partial charge in [0.25, 0.3) is 10.0 Å². The molecule has 6 rings (SSSR count). The number of sulfonamides is 1. The van der Waals surface area contributed by atoms with Gasteiger partial charge in [0.1, 0.15) is 15.3 Å². The molecule has 0 spiro atoms. The first kappa shape index (κ1) is 24.0. The molecule has 0 aliphatic carbocycles.